The van der Waals surface area contributed by atoms with Crippen molar-refractivity contribution in [2.75, 3.05) is 0 Å². The minimum absolute atomic E-state index is 0.0647. The van der Waals surface area contributed by atoms with Crippen LogP contribution in [0.25, 0.3) is 11.0 Å². The van der Waals surface area contributed by atoms with Crippen LogP contribution in [-0.4, -0.2) is 21.9 Å². The molecule has 0 radical (unpaired) electrons. The molecule has 0 saturated heterocycles. The zero-order valence-corrected chi connectivity index (χ0v) is 15.5. The molecule has 0 bridgehead atoms. The lowest BCUT2D eigenvalue weighted by Gasteiger charge is -2.30. The molecule has 0 aromatic carbocycles. The summed E-state index contributed by atoms with van der Waals surface area (Å²) < 4.78 is 0. The van der Waals surface area contributed by atoms with Gasteiger partial charge in [0.15, 0.2) is 0 Å². The molecule has 24 heavy (non-hydrogen) atoms. The van der Waals surface area contributed by atoms with Crippen LogP contribution in [0.2, 0.25) is 5.02 Å². The van der Waals surface area contributed by atoms with Crippen LogP contribution in [0.5, 0.6) is 0 Å². The van der Waals surface area contributed by atoms with Gasteiger partial charge in [-0.2, -0.15) is 0 Å². The fourth-order valence-corrected chi connectivity index (χ4v) is 3.84. The fourth-order valence-electron chi connectivity index (χ4n) is 3.54. The summed E-state index contributed by atoms with van der Waals surface area (Å²) in [7, 11) is 0. The molecule has 1 saturated carbocycles. The molecule has 3 rings (SSSR count). The van der Waals surface area contributed by atoms with Crippen LogP contribution in [0, 0.1) is 12.3 Å². The highest BCUT2D eigenvalue weighted by molar-refractivity contribution is 6.35. The Morgan fingerprint density at radius 2 is 2.08 bits per heavy atom. The number of aromatic nitrogens is 2. The van der Waals surface area contributed by atoms with Crippen LogP contribution >= 0.6 is 11.6 Å². The van der Waals surface area contributed by atoms with E-state index in [4.69, 9.17) is 11.6 Å². The van der Waals surface area contributed by atoms with Crippen molar-refractivity contribution >= 4 is 28.5 Å². The molecule has 4 nitrogen and oxygen atoms in total. The molecule has 1 atom stereocenters. The number of carbonyl (C=O) groups is 1. The van der Waals surface area contributed by atoms with Gasteiger partial charge in [-0.25, -0.2) is 4.98 Å². The van der Waals surface area contributed by atoms with Crippen LogP contribution in [0.1, 0.15) is 68.6 Å². The second-order valence-electron chi connectivity index (χ2n) is 7.81. The number of carbonyl (C=O) groups excluding carboxylic acids is 1. The van der Waals surface area contributed by atoms with Crippen molar-refractivity contribution in [1.29, 1.82) is 0 Å². The van der Waals surface area contributed by atoms with Gasteiger partial charge in [0.25, 0.3) is 5.91 Å². The molecule has 1 unspecified atom stereocenters. The van der Waals surface area contributed by atoms with E-state index in [0.29, 0.717) is 21.8 Å². The van der Waals surface area contributed by atoms with E-state index in [9.17, 15) is 4.79 Å². The number of nitrogens with zero attached hydrogens (tertiary/aromatic N) is 1. The van der Waals surface area contributed by atoms with E-state index in [2.05, 4.69) is 29.1 Å². The first-order valence-corrected chi connectivity index (χ1v) is 9.19. The van der Waals surface area contributed by atoms with Crippen LogP contribution < -0.4 is 5.32 Å². The minimum atomic E-state index is -0.0647. The smallest absolute Gasteiger partial charge is 0.267 e. The predicted molar refractivity (Wildman–Crippen MR) is 98.6 cm³/mol. The summed E-state index contributed by atoms with van der Waals surface area (Å²) in [6, 6.07) is 3.86. The van der Waals surface area contributed by atoms with E-state index in [-0.39, 0.29) is 11.9 Å². The maximum absolute atomic E-state index is 12.6. The molecule has 2 aromatic heterocycles. The van der Waals surface area contributed by atoms with Gasteiger partial charge in [0, 0.05) is 17.1 Å². The Bertz CT molecular complexity index is 750. The van der Waals surface area contributed by atoms with Crippen molar-refractivity contribution < 1.29 is 4.79 Å². The molecule has 130 valence electrons. The van der Waals surface area contributed by atoms with Crippen molar-refractivity contribution in [3.63, 3.8) is 0 Å². The van der Waals surface area contributed by atoms with Gasteiger partial charge in [-0.3, -0.25) is 4.79 Å². The second kappa shape index (κ2) is 6.75. The molecule has 1 aliphatic rings. The number of aromatic amines is 1. The summed E-state index contributed by atoms with van der Waals surface area (Å²) in [6.45, 7) is 6.54. The summed E-state index contributed by atoms with van der Waals surface area (Å²) in [4.78, 5) is 20.1. The summed E-state index contributed by atoms with van der Waals surface area (Å²) in [5.41, 5.74) is 2.42. The normalized spacial score (nSPS) is 21.2. The van der Waals surface area contributed by atoms with Gasteiger partial charge in [0.1, 0.15) is 11.3 Å². The number of H-pyrrole nitrogens is 1. The van der Waals surface area contributed by atoms with Gasteiger partial charge in [0.05, 0.1) is 5.02 Å². The molecule has 2 N–H and O–H groups in total. The highest BCUT2D eigenvalue weighted by Gasteiger charge is 2.24. The number of pyridine rings is 1. The molecule has 2 aromatic rings. The largest absolute Gasteiger partial charge is 0.348 e. The topological polar surface area (TPSA) is 57.8 Å². The maximum Gasteiger partial charge on any atom is 0.267 e. The Morgan fingerprint density at radius 1 is 1.29 bits per heavy atom. The van der Waals surface area contributed by atoms with E-state index in [1.165, 1.54) is 19.3 Å². The molecule has 0 spiro atoms. The number of halogens is 1. The lowest BCUT2D eigenvalue weighted by atomic mass is 9.78. The number of nitrogens with one attached hydrogen (secondary N) is 2. The highest BCUT2D eigenvalue weighted by atomic mass is 35.5. The van der Waals surface area contributed by atoms with Gasteiger partial charge in [-0.15, -0.1) is 0 Å². The SMILES string of the molecule is Cc1cc(Cl)c2cc(C(=O)NC3CCCCC(C)(C)CC3)[nH]c2n1. The van der Waals surface area contributed by atoms with Crippen molar-refractivity contribution in [1.82, 2.24) is 15.3 Å². The number of hydrogen-bond acceptors (Lipinski definition) is 2. The maximum atomic E-state index is 12.6. The fraction of sp³-hybridized carbons (Fsp3) is 0.579. The van der Waals surface area contributed by atoms with E-state index in [0.717, 1.165) is 30.3 Å². The van der Waals surface area contributed by atoms with Gasteiger partial charge in [0.2, 0.25) is 0 Å². The first kappa shape index (κ1) is 17.3. The number of aryl methyl sites for hydroxylation is 1. The molecule has 1 aliphatic carbocycles. The first-order chi connectivity index (χ1) is 11.3. The summed E-state index contributed by atoms with van der Waals surface area (Å²) >= 11 is 6.25. The number of fused-ring (bicyclic) bond motifs is 1. The molecule has 1 fully saturated rings. The molecule has 0 aliphatic heterocycles. The van der Waals surface area contributed by atoms with Crippen molar-refractivity contribution in [2.24, 2.45) is 5.41 Å². The summed E-state index contributed by atoms with van der Waals surface area (Å²) in [5.74, 6) is -0.0647. The Labute approximate surface area is 148 Å². The average Bonchev–Trinajstić information content (AvgIpc) is 2.91. The standard InChI is InChI=1S/C19H26ClN3O/c1-12-10-15(20)14-11-16(23-17(14)21-12)18(24)22-13-6-4-5-8-19(2,3)9-7-13/h10-11,13H,4-9H2,1-3H3,(H,21,23)(H,22,24). The minimum Gasteiger partial charge on any atom is -0.348 e. The van der Waals surface area contributed by atoms with Crippen molar-refractivity contribution in [3.8, 4) is 0 Å². The number of amides is 1. The van der Waals surface area contributed by atoms with Gasteiger partial charge >= 0.3 is 0 Å². The Hall–Kier alpha value is -1.55. The third-order valence-electron chi connectivity index (χ3n) is 5.08. The van der Waals surface area contributed by atoms with Crippen molar-refractivity contribution in [3.05, 3.63) is 28.5 Å². The molecule has 2 heterocycles. The van der Waals surface area contributed by atoms with Gasteiger partial charge in [-0.05, 0) is 50.2 Å². The number of rotatable bonds is 2. The quantitative estimate of drug-likeness (QED) is 0.802. The van der Waals surface area contributed by atoms with Gasteiger partial charge in [-0.1, -0.05) is 38.3 Å². The van der Waals surface area contributed by atoms with E-state index in [1.54, 1.807) is 6.07 Å². The van der Waals surface area contributed by atoms with Crippen molar-refractivity contribution in [2.45, 2.75) is 65.3 Å². The Morgan fingerprint density at radius 3 is 2.88 bits per heavy atom. The lowest BCUT2D eigenvalue weighted by Crippen LogP contribution is -2.36. The Balaban J connectivity index is 1.73. The van der Waals surface area contributed by atoms with E-state index < -0.39 is 0 Å². The van der Waals surface area contributed by atoms with Crippen LogP contribution in [-0.2, 0) is 0 Å². The Kier molecular flexibility index (Phi) is 4.86. The summed E-state index contributed by atoms with van der Waals surface area (Å²) in [6.07, 6.45) is 6.94. The van der Waals surface area contributed by atoms with Crippen LogP contribution in [0.3, 0.4) is 0 Å². The van der Waals surface area contributed by atoms with Gasteiger partial charge < -0.3 is 10.3 Å². The average molecular weight is 348 g/mol. The predicted octanol–water partition coefficient (Wildman–Crippen LogP) is 5.00. The van der Waals surface area contributed by atoms with Crippen LogP contribution in [0.4, 0.5) is 0 Å². The number of hydrogen-bond donors (Lipinski definition) is 2. The monoisotopic (exact) mass is 347 g/mol. The molecule has 5 heteroatoms. The third kappa shape index (κ3) is 3.92. The third-order valence-corrected chi connectivity index (χ3v) is 5.40. The zero-order chi connectivity index (χ0) is 17.3. The highest BCUT2D eigenvalue weighted by Crippen LogP contribution is 2.33. The molecular weight excluding hydrogens is 322 g/mol. The second-order valence-corrected chi connectivity index (χ2v) is 8.22. The molecular formula is C19H26ClN3O. The first-order valence-electron chi connectivity index (χ1n) is 8.81. The molecule has 1 amide bonds. The van der Waals surface area contributed by atoms with Crippen LogP contribution in [0.15, 0.2) is 12.1 Å². The van der Waals surface area contributed by atoms with E-state index in [1.807, 2.05) is 13.0 Å². The zero-order valence-electron chi connectivity index (χ0n) is 14.7. The summed E-state index contributed by atoms with van der Waals surface area (Å²) in [5, 5.41) is 4.62. The van der Waals surface area contributed by atoms with E-state index >= 15 is 0 Å². The lowest BCUT2D eigenvalue weighted by molar-refractivity contribution is 0.0919.